The van der Waals surface area contributed by atoms with E-state index in [9.17, 15) is 0 Å². The molecule has 1 unspecified atom stereocenters. The van der Waals surface area contributed by atoms with E-state index in [-0.39, 0.29) is 6.04 Å². The second-order valence-corrected chi connectivity index (χ2v) is 4.25. The van der Waals surface area contributed by atoms with E-state index in [0.29, 0.717) is 5.02 Å². The van der Waals surface area contributed by atoms with Gasteiger partial charge in [0.15, 0.2) is 0 Å². The molecule has 0 aliphatic heterocycles. The number of halogens is 1. The molecule has 4 heteroatoms. The van der Waals surface area contributed by atoms with E-state index in [1.165, 1.54) is 0 Å². The van der Waals surface area contributed by atoms with Gasteiger partial charge in [-0.15, -0.1) is 0 Å². The van der Waals surface area contributed by atoms with Gasteiger partial charge in [-0.05, 0) is 13.0 Å². The quantitative estimate of drug-likeness (QED) is 0.870. The Morgan fingerprint density at radius 1 is 1.38 bits per heavy atom. The Labute approximate surface area is 99.8 Å². The van der Waals surface area contributed by atoms with Crippen molar-refractivity contribution in [1.82, 2.24) is 9.78 Å². The Bertz CT molecular complexity index is 503. The van der Waals surface area contributed by atoms with Crippen LogP contribution in [0.4, 0.5) is 0 Å². The number of hydrogen-bond donors (Lipinski definition) is 1. The van der Waals surface area contributed by atoms with Crippen molar-refractivity contribution in [2.75, 3.05) is 0 Å². The average molecular weight is 236 g/mol. The van der Waals surface area contributed by atoms with E-state index in [4.69, 9.17) is 17.3 Å². The van der Waals surface area contributed by atoms with Gasteiger partial charge in [0.2, 0.25) is 0 Å². The molecule has 1 heterocycles. The van der Waals surface area contributed by atoms with Gasteiger partial charge in [0.05, 0.1) is 11.9 Å². The lowest BCUT2D eigenvalue weighted by Crippen LogP contribution is -2.06. The Kier molecular flexibility index (Phi) is 2.99. The first-order chi connectivity index (χ1) is 7.61. The molecule has 0 amide bonds. The summed E-state index contributed by atoms with van der Waals surface area (Å²) in [4.78, 5) is 0. The highest BCUT2D eigenvalue weighted by atomic mass is 35.5. The Hall–Kier alpha value is -1.32. The van der Waals surface area contributed by atoms with Crippen LogP contribution in [0, 0.1) is 0 Å². The molecule has 0 radical (unpaired) electrons. The minimum Gasteiger partial charge on any atom is -0.324 e. The van der Waals surface area contributed by atoms with E-state index in [1.807, 2.05) is 38.2 Å². The van der Waals surface area contributed by atoms with Crippen molar-refractivity contribution in [2.45, 2.75) is 13.0 Å². The highest BCUT2D eigenvalue weighted by molar-refractivity contribution is 6.33. The number of rotatable bonds is 2. The predicted molar refractivity (Wildman–Crippen MR) is 66.3 cm³/mol. The number of hydrogen-bond acceptors (Lipinski definition) is 2. The van der Waals surface area contributed by atoms with Crippen molar-refractivity contribution in [3.05, 3.63) is 41.0 Å². The topological polar surface area (TPSA) is 43.8 Å². The Morgan fingerprint density at radius 2 is 2.06 bits per heavy atom. The maximum atomic E-state index is 6.18. The zero-order valence-corrected chi connectivity index (χ0v) is 10.1. The molecule has 0 bridgehead atoms. The number of aromatic nitrogens is 2. The van der Waals surface area contributed by atoms with Crippen LogP contribution in [-0.2, 0) is 7.05 Å². The number of nitrogens with zero attached hydrogens (tertiary/aromatic N) is 2. The van der Waals surface area contributed by atoms with E-state index in [2.05, 4.69) is 5.10 Å². The lowest BCUT2D eigenvalue weighted by molar-refractivity contribution is 0.772. The minimum atomic E-state index is -0.0556. The predicted octanol–water partition coefficient (Wildman–Crippen LogP) is 2.76. The van der Waals surface area contributed by atoms with Gasteiger partial charge in [0.25, 0.3) is 0 Å². The van der Waals surface area contributed by atoms with Crippen LogP contribution in [0.15, 0.2) is 30.5 Å². The Balaban J connectivity index is 2.64. The molecule has 1 aromatic heterocycles. The molecule has 0 aliphatic carbocycles. The van der Waals surface area contributed by atoms with Gasteiger partial charge < -0.3 is 5.73 Å². The lowest BCUT2D eigenvalue weighted by Gasteiger charge is -2.10. The molecule has 2 rings (SSSR count). The molecule has 2 aromatic rings. The molecule has 0 fully saturated rings. The molecule has 84 valence electrons. The van der Waals surface area contributed by atoms with E-state index < -0.39 is 0 Å². The maximum absolute atomic E-state index is 6.18. The van der Waals surface area contributed by atoms with Gasteiger partial charge >= 0.3 is 0 Å². The van der Waals surface area contributed by atoms with Crippen LogP contribution in [0.5, 0.6) is 0 Å². The summed E-state index contributed by atoms with van der Waals surface area (Å²) < 4.78 is 1.81. The van der Waals surface area contributed by atoms with E-state index >= 15 is 0 Å². The van der Waals surface area contributed by atoms with Crippen LogP contribution in [0.2, 0.25) is 5.02 Å². The Morgan fingerprint density at radius 3 is 2.69 bits per heavy atom. The van der Waals surface area contributed by atoms with Gasteiger partial charge in [-0.25, -0.2) is 0 Å². The standard InChI is InChI=1S/C12H14ClN3/c1-8(14)10-7-15-16(2)12(10)9-5-3-4-6-11(9)13/h3-8H,14H2,1-2H3. The second kappa shape index (κ2) is 4.28. The van der Waals surface area contributed by atoms with Crippen molar-refractivity contribution in [2.24, 2.45) is 12.8 Å². The smallest absolute Gasteiger partial charge is 0.0741 e. The molecular weight excluding hydrogens is 222 g/mol. The first-order valence-electron chi connectivity index (χ1n) is 5.13. The first kappa shape index (κ1) is 11.2. The molecule has 16 heavy (non-hydrogen) atoms. The summed E-state index contributed by atoms with van der Waals surface area (Å²) in [7, 11) is 1.89. The lowest BCUT2D eigenvalue weighted by atomic mass is 10.0. The highest BCUT2D eigenvalue weighted by Gasteiger charge is 2.15. The molecule has 1 atom stereocenters. The van der Waals surface area contributed by atoms with Crippen LogP contribution in [0.3, 0.4) is 0 Å². The average Bonchev–Trinajstić information content (AvgIpc) is 2.61. The SMILES string of the molecule is CC(N)c1cnn(C)c1-c1ccccc1Cl. The summed E-state index contributed by atoms with van der Waals surface area (Å²) in [6.07, 6.45) is 1.79. The van der Waals surface area contributed by atoms with Crippen LogP contribution >= 0.6 is 11.6 Å². The van der Waals surface area contributed by atoms with Gasteiger partial charge in [0, 0.05) is 29.2 Å². The fourth-order valence-electron chi connectivity index (χ4n) is 1.77. The van der Waals surface area contributed by atoms with Crippen LogP contribution in [0.1, 0.15) is 18.5 Å². The minimum absolute atomic E-state index is 0.0556. The fraction of sp³-hybridized carbons (Fsp3) is 0.250. The van der Waals surface area contributed by atoms with Gasteiger partial charge in [-0.1, -0.05) is 29.8 Å². The molecule has 2 N–H and O–H groups in total. The van der Waals surface area contributed by atoms with Crippen molar-refractivity contribution in [3.8, 4) is 11.3 Å². The summed E-state index contributed by atoms with van der Waals surface area (Å²) in [6.45, 7) is 1.94. The van der Waals surface area contributed by atoms with E-state index in [1.54, 1.807) is 10.9 Å². The number of benzene rings is 1. The van der Waals surface area contributed by atoms with Crippen molar-refractivity contribution < 1.29 is 0 Å². The zero-order chi connectivity index (χ0) is 11.7. The first-order valence-corrected chi connectivity index (χ1v) is 5.51. The third-order valence-corrected chi connectivity index (χ3v) is 2.92. The van der Waals surface area contributed by atoms with Crippen LogP contribution < -0.4 is 5.73 Å². The monoisotopic (exact) mass is 235 g/mol. The summed E-state index contributed by atoms with van der Waals surface area (Å²) in [5.41, 5.74) is 8.88. The summed E-state index contributed by atoms with van der Waals surface area (Å²) >= 11 is 6.18. The normalized spacial score (nSPS) is 12.8. The van der Waals surface area contributed by atoms with Crippen LogP contribution in [0.25, 0.3) is 11.3 Å². The summed E-state index contributed by atoms with van der Waals surface area (Å²) in [5.74, 6) is 0. The largest absolute Gasteiger partial charge is 0.324 e. The van der Waals surface area contributed by atoms with Crippen LogP contribution in [-0.4, -0.2) is 9.78 Å². The van der Waals surface area contributed by atoms with Gasteiger partial charge in [0.1, 0.15) is 0 Å². The molecule has 0 aliphatic rings. The molecule has 0 spiro atoms. The molecule has 1 aromatic carbocycles. The molecular formula is C12H14ClN3. The maximum Gasteiger partial charge on any atom is 0.0741 e. The van der Waals surface area contributed by atoms with E-state index in [0.717, 1.165) is 16.8 Å². The highest BCUT2D eigenvalue weighted by Crippen LogP contribution is 2.31. The van der Waals surface area contributed by atoms with Crippen molar-refractivity contribution in [1.29, 1.82) is 0 Å². The summed E-state index contributed by atoms with van der Waals surface area (Å²) in [5, 5.41) is 4.95. The summed E-state index contributed by atoms with van der Waals surface area (Å²) in [6, 6.07) is 7.66. The second-order valence-electron chi connectivity index (χ2n) is 3.84. The number of aryl methyl sites for hydroxylation is 1. The molecule has 3 nitrogen and oxygen atoms in total. The zero-order valence-electron chi connectivity index (χ0n) is 9.31. The number of nitrogens with two attached hydrogens (primary N) is 1. The third-order valence-electron chi connectivity index (χ3n) is 2.59. The third kappa shape index (κ3) is 1.84. The fourth-order valence-corrected chi connectivity index (χ4v) is 2.00. The molecule has 0 saturated carbocycles. The van der Waals surface area contributed by atoms with Crippen molar-refractivity contribution in [3.63, 3.8) is 0 Å². The molecule has 0 saturated heterocycles. The van der Waals surface area contributed by atoms with Gasteiger partial charge in [-0.2, -0.15) is 5.10 Å². The van der Waals surface area contributed by atoms with Crippen molar-refractivity contribution >= 4 is 11.6 Å². The van der Waals surface area contributed by atoms with Gasteiger partial charge in [-0.3, -0.25) is 4.68 Å².